The fourth-order valence-electron chi connectivity index (χ4n) is 1.64. The number of hydrogen-bond donors (Lipinski definition) is 2. The molecule has 0 amide bonds. The minimum atomic E-state index is -0.874. The summed E-state index contributed by atoms with van der Waals surface area (Å²) >= 11 is 0. The summed E-state index contributed by atoms with van der Waals surface area (Å²) in [6.45, 7) is 7.23. The second kappa shape index (κ2) is 3.93. The smallest absolute Gasteiger partial charge is 0.310 e. The predicted molar refractivity (Wildman–Crippen MR) is 58.4 cm³/mol. The number of phenolic OH excluding ortho intramolecular Hbond substituents is 1. The maximum Gasteiger partial charge on any atom is 0.310 e. The number of phenols is 1. The average molecular weight is 208 g/mol. The molecule has 0 aromatic heterocycles. The van der Waals surface area contributed by atoms with E-state index in [1.807, 2.05) is 20.8 Å². The molecule has 0 aliphatic rings. The van der Waals surface area contributed by atoms with Crippen molar-refractivity contribution in [3.63, 3.8) is 0 Å². The van der Waals surface area contributed by atoms with E-state index in [1.165, 1.54) is 0 Å². The second-order valence-corrected chi connectivity index (χ2v) is 3.92. The summed E-state index contributed by atoms with van der Waals surface area (Å²) in [6, 6.07) is 1.55. The van der Waals surface area contributed by atoms with Crippen LogP contribution in [0.25, 0.3) is 0 Å². The molecule has 1 aromatic carbocycles. The lowest BCUT2D eigenvalue weighted by molar-refractivity contribution is -0.138. The van der Waals surface area contributed by atoms with Gasteiger partial charge in [0.05, 0.1) is 5.92 Å². The van der Waals surface area contributed by atoms with Crippen LogP contribution in [0.2, 0.25) is 0 Å². The quantitative estimate of drug-likeness (QED) is 0.785. The molecule has 1 rings (SSSR count). The Labute approximate surface area is 89.4 Å². The van der Waals surface area contributed by atoms with Gasteiger partial charge in [-0.05, 0) is 56.0 Å². The van der Waals surface area contributed by atoms with Crippen LogP contribution < -0.4 is 0 Å². The SMILES string of the molecule is Cc1c(O)cc(C(C)C(=O)O)c(C)c1C. The van der Waals surface area contributed by atoms with E-state index < -0.39 is 11.9 Å². The van der Waals surface area contributed by atoms with E-state index in [9.17, 15) is 9.90 Å². The molecule has 0 radical (unpaired) electrons. The highest BCUT2D eigenvalue weighted by Crippen LogP contribution is 2.30. The molecule has 0 heterocycles. The Hall–Kier alpha value is -1.51. The Morgan fingerprint density at radius 2 is 1.73 bits per heavy atom. The highest BCUT2D eigenvalue weighted by Gasteiger charge is 2.19. The van der Waals surface area contributed by atoms with Gasteiger partial charge in [0, 0.05) is 0 Å². The van der Waals surface area contributed by atoms with Gasteiger partial charge in [0.2, 0.25) is 0 Å². The van der Waals surface area contributed by atoms with Crippen molar-refractivity contribution >= 4 is 5.97 Å². The summed E-state index contributed by atoms with van der Waals surface area (Å²) in [7, 11) is 0. The highest BCUT2D eigenvalue weighted by atomic mass is 16.4. The van der Waals surface area contributed by atoms with Gasteiger partial charge in [-0.25, -0.2) is 0 Å². The minimum absolute atomic E-state index is 0.168. The monoisotopic (exact) mass is 208 g/mol. The zero-order chi connectivity index (χ0) is 11.7. The normalized spacial score (nSPS) is 12.5. The van der Waals surface area contributed by atoms with Gasteiger partial charge in [-0.3, -0.25) is 4.79 Å². The third kappa shape index (κ3) is 1.96. The molecule has 0 saturated carbocycles. The third-order valence-electron chi connectivity index (χ3n) is 3.07. The lowest BCUT2D eigenvalue weighted by Crippen LogP contribution is -2.10. The number of carbonyl (C=O) groups is 1. The number of carboxylic acid groups (broad SMARTS) is 1. The molecule has 0 aliphatic carbocycles. The molecule has 3 nitrogen and oxygen atoms in total. The van der Waals surface area contributed by atoms with E-state index in [2.05, 4.69) is 0 Å². The van der Waals surface area contributed by atoms with Crippen LogP contribution in [0.4, 0.5) is 0 Å². The van der Waals surface area contributed by atoms with Crippen molar-refractivity contribution in [1.29, 1.82) is 0 Å². The summed E-state index contributed by atoms with van der Waals surface area (Å²) < 4.78 is 0. The van der Waals surface area contributed by atoms with Gasteiger partial charge in [0.15, 0.2) is 0 Å². The first-order valence-electron chi connectivity index (χ1n) is 4.88. The minimum Gasteiger partial charge on any atom is -0.508 e. The fraction of sp³-hybridized carbons (Fsp3) is 0.417. The fourth-order valence-corrected chi connectivity index (χ4v) is 1.64. The van der Waals surface area contributed by atoms with E-state index in [4.69, 9.17) is 5.11 Å². The highest BCUT2D eigenvalue weighted by molar-refractivity contribution is 5.76. The van der Waals surface area contributed by atoms with Gasteiger partial charge in [-0.1, -0.05) is 0 Å². The number of aliphatic carboxylic acids is 1. The molecular weight excluding hydrogens is 192 g/mol. The lowest BCUT2D eigenvalue weighted by Gasteiger charge is -2.15. The van der Waals surface area contributed by atoms with E-state index in [1.54, 1.807) is 13.0 Å². The van der Waals surface area contributed by atoms with Crippen LogP contribution in [-0.4, -0.2) is 16.2 Å². The first kappa shape index (κ1) is 11.6. The van der Waals surface area contributed by atoms with Gasteiger partial charge in [-0.15, -0.1) is 0 Å². The van der Waals surface area contributed by atoms with Gasteiger partial charge in [0.25, 0.3) is 0 Å². The molecular formula is C12H16O3. The molecule has 2 N–H and O–H groups in total. The number of benzene rings is 1. The number of rotatable bonds is 2. The molecule has 15 heavy (non-hydrogen) atoms. The van der Waals surface area contributed by atoms with E-state index in [0.717, 1.165) is 16.7 Å². The Balaban J connectivity index is 3.38. The number of aromatic hydroxyl groups is 1. The van der Waals surface area contributed by atoms with Crippen molar-refractivity contribution < 1.29 is 15.0 Å². The summed E-state index contributed by atoms with van der Waals surface area (Å²) in [4.78, 5) is 10.9. The Kier molecular flexibility index (Phi) is 3.03. The van der Waals surface area contributed by atoms with Crippen molar-refractivity contribution in [2.45, 2.75) is 33.6 Å². The van der Waals surface area contributed by atoms with Crippen LogP contribution in [-0.2, 0) is 4.79 Å². The van der Waals surface area contributed by atoms with Crippen molar-refractivity contribution in [1.82, 2.24) is 0 Å². The van der Waals surface area contributed by atoms with Crippen molar-refractivity contribution in [2.24, 2.45) is 0 Å². The average Bonchev–Trinajstić information content (AvgIpc) is 2.19. The largest absolute Gasteiger partial charge is 0.508 e. The van der Waals surface area contributed by atoms with E-state index in [-0.39, 0.29) is 5.75 Å². The van der Waals surface area contributed by atoms with Gasteiger partial charge >= 0.3 is 5.97 Å². The van der Waals surface area contributed by atoms with Crippen LogP contribution in [0, 0.1) is 20.8 Å². The molecule has 0 bridgehead atoms. The molecule has 0 fully saturated rings. The van der Waals surface area contributed by atoms with E-state index in [0.29, 0.717) is 5.56 Å². The second-order valence-electron chi connectivity index (χ2n) is 3.92. The van der Waals surface area contributed by atoms with Crippen LogP contribution >= 0.6 is 0 Å². The molecule has 3 heteroatoms. The van der Waals surface area contributed by atoms with Crippen molar-refractivity contribution in [3.8, 4) is 5.75 Å². The molecule has 0 spiro atoms. The zero-order valence-electron chi connectivity index (χ0n) is 9.46. The Morgan fingerprint density at radius 1 is 1.20 bits per heavy atom. The standard InChI is InChI=1S/C12H16O3/c1-6-7(2)10(9(4)12(14)15)5-11(13)8(6)3/h5,9,13H,1-4H3,(H,14,15). The summed E-state index contributed by atoms with van der Waals surface area (Å²) in [5.41, 5.74) is 3.40. The Bertz CT molecular complexity index is 408. The van der Waals surface area contributed by atoms with Crippen LogP contribution in [0.1, 0.15) is 35.1 Å². The maximum atomic E-state index is 10.9. The molecule has 82 valence electrons. The number of hydrogen-bond acceptors (Lipinski definition) is 2. The summed E-state index contributed by atoms with van der Waals surface area (Å²) in [5.74, 6) is -1.29. The Morgan fingerprint density at radius 3 is 2.20 bits per heavy atom. The maximum absolute atomic E-state index is 10.9. The summed E-state index contributed by atoms with van der Waals surface area (Å²) in [6.07, 6.45) is 0. The van der Waals surface area contributed by atoms with Crippen LogP contribution in [0.3, 0.4) is 0 Å². The van der Waals surface area contributed by atoms with Crippen molar-refractivity contribution in [2.75, 3.05) is 0 Å². The molecule has 0 aliphatic heterocycles. The predicted octanol–water partition coefficient (Wildman–Crippen LogP) is 2.51. The van der Waals surface area contributed by atoms with Crippen LogP contribution in [0.5, 0.6) is 5.75 Å². The first-order chi connectivity index (χ1) is 6.86. The van der Waals surface area contributed by atoms with E-state index >= 15 is 0 Å². The van der Waals surface area contributed by atoms with Crippen molar-refractivity contribution in [3.05, 3.63) is 28.3 Å². The first-order valence-corrected chi connectivity index (χ1v) is 4.88. The van der Waals surface area contributed by atoms with Crippen LogP contribution in [0.15, 0.2) is 6.07 Å². The topological polar surface area (TPSA) is 57.5 Å². The van der Waals surface area contributed by atoms with Gasteiger partial charge in [-0.2, -0.15) is 0 Å². The molecule has 1 aromatic rings. The molecule has 0 saturated heterocycles. The van der Waals surface area contributed by atoms with Gasteiger partial charge in [0.1, 0.15) is 5.75 Å². The van der Waals surface area contributed by atoms with Gasteiger partial charge < -0.3 is 10.2 Å². The lowest BCUT2D eigenvalue weighted by atomic mass is 9.90. The third-order valence-corrected chi connectivity index (χ3v) is 3.07. The summed E-state index contributed by atoms with van der Waals surface area (Å²) in [5, 5.41) is 18.6. The molecule has 1 atom stereocenters. The molecule has 1 unspecified atom stereocenters. The number of carboxylic acids is 1. The zero-order valence-corrected chi connectivity index (χ0v) is 9.46.